The second-order valence-electron chi connectivity index (χ2n) is 5.14. The lowest BCUT2D eigenvalue weighted by molar-refractivity contribution is -0.120. The molecule has 2 rings (SSSR count). The fourth-order valence-electron chi connectivity index (χ4n) is 2.13. The molecule has 0 bridgehead atoms. The molecule has 23 heavy (non-hydrogen) atoms. The Morgan fingerprint density at radius 3 is 2.65 bits per heavy atom. The van der Waals surface area contributed by atoms with Crippen LogP contribution >= 0.6 is 0 Å². The summed E-state index contributed by atoms with van der Waals surface area (Å²) in [6, 6.07) is 10.6. The molecule has 0 atom stereocenters. The van der Waals surface area contributed by atoms with Crippen LogP contribution in [0.4, 0.5) is 0 Å². The second kappa shape index (κ2) is 8.12. The Labute approximate surface area is 135 Å². The monoisotopic (exact) mass is 315 g/mol. The number of ether oxygens (including phenoxy) is 1. The standard InChI is InChI=1S/C17H21N3O3/c1-3-23-15-7-5-14(6-8-15)12-16(21)18-10-11-20-17(22)9-4-13(2)19-20/h4-9H,3,10-12H2,1-2H3,(H,18,21). The van der Waals surface area contributed by atoms with Crippen LogP contribution in [0.2, 0.25) is 0 Å². The van der Waals surface area contributed by atoms with Gasteiger partial charge in [0.15, 0.2) is 0 Å². The zero-order chi connectivity index (χ0) is 16.7. The van der Waals surface area contributed by atoms with Crippen LogP contribution in [0.1, 0.15) is 18.2 Å². The van der Waals surface area contributed by atoms with Crippen molar-refractivity contribution in [3.05, 3.63) is 58.0 Å². The quantitative estimate of drug-likeness (QED) is 0.836. The Hall–Kier alpha value is -2.63. The van der Waals surface area contributed by atoms with E-state index in [1.807, 2.05) is 38.1 Å². The minimum atomic E-state index is -0.170. The molecule has 0 unspecified atom stereocenters. The van der Waals surface area contributed by atoms with E-state index >= 15 is 0 Å². The Morgan fingerprint density at radius 2 is 1.96 bits per heavy atom. The van der Waals surface area contributed by atoms with Gasteiger partial charge in [-0.05, 0) is 37.6 Å². The van der Waals surface area contributed by atoms with Gasteiger partial charge in [-0.1, -0.05) is 12.1 Å². The van der Waals surface area contributed by atoms with Crippen molar-refractivity contribution >= 4 is 5.91 Å². The third-order valence-electron chi connectivity index (χ3n) is 3.24. The Bertz CT molecular complexity index is 708. The van der Waals surface area contributed by atoms with Crippen LogP contribution < -0.4 is 15.6 Å². The van der Waals surface area contributed by atoms with Gasteiger partial charge in [0, 0.05) is 12.6 Å². The summed E-state index contributed by atoms with van der Waals surface area (Å²) in [5, 5.41) is 6.92. The number of rotatable bonds is 7. The average molecular weight is 315 g/mol. The van der Waals surface area contributed by atoms with Crippen LogP contribution in [-0.4, -0.2) is 28.8 Å². The van der Waals surface area contributed by atoms with E-state index in [1.54, 1.807) is 6.07 Å². The molecule has 1 aromatic carbocycles. The first-order valence-corrected chi connectivity index (χ1v) is 7.61. The summed E-state index contributed by atoms with van der Waals surface area (Å²) >= 11 is 0. The van der Waals surface area contributed by atoms with E-state index in [0.717, 1.165) is 17.0 Å². The number of nitrogens with zero attached hydrogens (tertiary/aromatic N) is 2. The Morgan fingerprint density at radius 1 is 1.22 bits per heavy atom. The van der Waals surface area contributed by atoms with Crippen LogP contribution in [-0.2, 0) is 17.8 Å². The van der Waals surface area contributed by atoms with Crippen molar-refractivity contribution in [2.24, 2.45) is 0 Å². The molecule has 2 aromatic rings. The molecule has 0 aliphatic heterocycles. The predicted molar refractivity (Wildman–Crippen MR) is 87.6 cm³/mol. The molecule has 0 saturated carbocycles. The van der Waals surface area contributed by atoms with E-state index in [0.29, 0.717) is 26.1 Å². The summed E-state index contributed by atoms with van der Waals surface area (Å²) in [6.45, 7) is 5.09. The van der Waals surface area contributed by atoms with Crippen LogP contribution in [0.3, 0.4) is 0 Å². The number of aryl methyl sites for hydroxylation is 1. The first-order valence-electron chi connectivity index (χ1n) is 7.61. The molecule has 1 N–H and O–H groups in total. The van der Waals surface area contributed by atoms with Gasteiger partial charge in [-0.25, -0.2) is 4.68 Å². The van der Waals surface area contributed by atoms with Gasteiger partial charge in [0.05, 0.1) is 25.3 Å². The molecule has 6 heteroatoms. The third kappa shape index (κ3) is 5.25. The maximum absolute atomic E-state index is 11.9. The van der Waals surface area contributed by atoms with E-state index in [1.165, 1.54) is 10.7 Å². The normalized spacial score (nSPS) is 10.3. The molecule has 0 aliphatic rings. The lowest BCUT2D eigenvalue weighted by Crippen LogP contribution is -2.32. The van der Waals surface area contributed by atoms with Crippen LogP contribution in [0.15, 0.2) is 41.2 Å². The highest BCUT2D eigenvalue weighted by molar-refractivity contribution is 5.78. The molecular weight excluding hydrogens is 294 g/mol. The van der Waals surface area contributed by atoms with Crippen molar-refractivity contribution in [3.8, 4) is 5.75 Å². The molecule has 1 aromatic heterocycles. The number of nitrogens with one attached hydrogen (secondary N) is 1. The van der Waals surface area contributed by atoms with Gasteiger partial charge in [-0.3, -0.25) is 9.59 Å². The van der Waals surface area contributed by atoms with Gasteiger partial charge in [0.2, 0.25) is 5.91 Å². The van der Waals surface area contributed by atoms with Crippen molar-refractivity contribution in [1.82, 2.24) is 15.1 Å². The SMILES string of the molecule is CCOc1ccc(CC(=O)NCCn2nc(C)ccc2=O)cc1. The minimum absolute atomic E-state index is 0.0881. The summed E-state index contributed by atoms with van der Waals surface area (Å²) < 4.78 is 6.71. The maximum atomic E-state index is 11.9. The zero-order valence-electron chi connectivity index (χ0n) is 13.4. The first kappa shape index (κ1) is 16.7. The molecule has 122 valence electrons. The van der Waals surface area contributed by atoms with Crippen molar-refractivity contribution in [2.45, 2.75) is 26.8 Å². The van der Waals surface area contributed by atoms with Crippen molar-refractivity contribution in [2.75, 3.05) is 13.2 Å². The molecule has 6 nitrogen and oxygen atoms in total. The van der Waals surface area contributed by atoms with Crippen LogP contribution in [0.25, 0.3) is 0 Å². The number of hydrogen-bond acceptors (Lipinski definition) is 4. The number of amides is 1. The summed E-state index contributed by atoms with van der Waals surface area (Å²) in [4.78, 5) is 23.5. The van der Waals surface area contributed by atoms with Crippen molar-refractivity contribution in [3.63, 3.8) is 0 Å². The average Bonchev–Trinajstić information content (AvgIpc) is 2.53. The third-order valence-corrected chi connectivity index (χ3v) is 3.24. The summed E-state index contributed by atoms with van der Waals surface area (Å²) in [6.07, 6.45) is 0.294. The topological polar surface area (TPSA) is 73.2 Å². The summed E-state index contributed by atoms with van der Waals surface area (Å²) in [5.41, 5.74) is 1.51. The lowest BCUT2D eigenvalue weighted by Gasteiger charge is -2.08. The predicted octanol–water partition coefficient (Wildman–Crippen LogP) is 1.31. The molecule has 0 spiro atoms. The van der Waals surface area contributed by atoms with Gasteiger partial charge in [-0.2, -0.15) is 5.10 Å². The summed E-state index contributed by atoms with van der Waals surface area (Å²) in [5.74, 6) is 0.705. The van der Waals surface area contributed by atoms with Crippen molar-refractivity contribution < 1.29 is 9.53 Å². The molecule has 1 amide bonds. The molecule has 1 heterocycles. The van der Waals surface area contributed by atoms with Gasteiger partial charge >= 0.3 is 0 Å². The van der Waals surface area contributed by atoms with Gasteiger partial charge in [-0.15, -0.1) is 0 Å². The number of benzene rings is 1. The van der Waals surface area contributed by atoms with Gasteiger partial charge < -0.3 is 10.1 Å². The van der Waals surface area contributed by atoms with Crippen LogP contribution in [0.5, 0.6) is 5.75 Å². The van der Waals surface area contributed by atoms with E-state index in [9.17, 15) is 9.59 Å². The van der Waals surface area contributed by atoms with E-state index < -0.39 is 0 Å². The van der Waals surface area contributed by atoms with Gasteiger partial charge in [0.1, 0.15) is 5.75 Å². The molecule has 0 saturated heterocycles. The highest BCUT2D eigenvalue weighted by Gasteiger charge is 2.04. The number of aromatic nitrogens is 2. The fraction of sp³-hybridized carbons (Fsp3) is 0.353. The second-order valence-corrected chi connectivity index (χ2v) is 5.14. The smallest absolute Gasteiger partial charge is 0.266 e. The lowest BCUT2D eigenvalue weighted by atomic mass is 10.1. The highest BCUT2D eigenvalue weighted by Crippen LogP contribution is 2.12. The molecular formula is C17H21N3O3. The fourth-order valence-corrected chi connectivity index (χ4v) is 2.13. The molecule has 0 radical (unpaired) electrons. The number of carbonyl (C=O) groups is 1. The Balaban J connectivity index is 1.81. The zero-order valence-corrected chi connectivity index (χ0v) is 13.4. The van der Waals surface area contributed by atoms with Crippen molar-refractivity contribution in [1.29, 1.82) is 0 Å². The first-order chi connectivity index (χ1) is 11.1. The largest absolute Gasteiger partial charge is 0.494 e. The minimum Gasteiger partial charge on any atom is -0.494 e. The van der Waals surface area contributed by atoms with Gasteiger partial charge in [0.25, 0.3) is 5.56 Å². The number of carbonyl (C=O) groups excluding carboxylic acids is 1. The maximum Gasteiger partial charge on any atom is 0.266 e. The van der Waals surface area contributed by atoms with E-state index in [4.69, 9.17) is 4.74 Å². The van der Waals surface area contributed by atoms with Crippen LogP contribution in [0, 0.1) is 6.92 Å². The van der Waals surface area contributed by atoms with E-state index in [2.05, 4.69) is 10.4 Å². The molecule has 0 fully saturated rings. The molecule has 0 aliphatic carbocycles. The number of hydrogen-bond donors (Lipinski definition) is 1. The Kier molecular flexibility index (Phi) is 5.91. The summed E-state index contributed by atoms with van der Waals surface area (Å²) in [7, 11) is 0. The highest BCUT2D eigenvalue weighted by atomic mass is 16.5. The van der Waals surface area contributed by atoms with E-state index in [-0.39, 0.29) is 11.5 Å².